The van der Waals surface area contributed by atoms with Crippen molar-refractivity contribution in [2.24, 2.45) is 5.92 Å². The summed E-state index contributed by atoms with van der Waals surface area (Å²) >= 11 is 0. The standard InChI is InChI=1S/C16H14O4S/c17-21(18,10-4-2-1-3-5-10)16-13-8-6-11(19-13)15(16)12-7-9-14(16)20-12/h1-9,11-15H/t11-,12-,13+,14+,15?,16?/m1/s1. The van der Waals surface area contributed by atoms with Gasteiger partial charge in [-0.25, -0.2) is 8.42 Å². The van der Waals surface area contributed by atoms with Crippen LogP contribution in [0.2, 0.25) is 0 Å². The lowest BCUT2D eigenvalue weighted by Crippen LogP contribution is -2.57. The predicted molar refractivity (Wildman–Crippen MR) is 75.5 cm³/mol. The van der Waals surface area contributed by atoms with E-state index in [1.165, 1.54) is 0 Å². The minimum Gasteiger partial charge on any atom is -0.365 e. The molecule has 0 saturated carbocycles. The Morgan fingerprint density at radius 3 is 2.00 bits per heavy atom. The zero-order chi connectivity index (χ0) is 14.2. The van der Waals surface area contributed by atoms with E-state index in [0.717, 1.165) is 0 Å². The highest BCUT2D eigenvalue weighted by Crippen LogP contribution is 2.60. The van der Waals surface area contributed by atoms with Crippen LogP contribution in [-0.4, -0.2) is 37.6 Å². The number of hydrogen-bond acceptors (Lipinski definition) is 4. The molecule has 2 fully saturated rings. The third-order valence-corrected chi connectivity index (χ3v) is 7.76. The molecule has 0 aliphatic carbocycles. The Balaban J connectivity index is 1.77. The predicted octanol–water partition coefficient (Wildman–Crippen LogP) is 1.49. The molecule has 5 heteroatoms. The molecular weight excluding hydrogens is 288 g/mol. The maximum Gasteiger partial charge on any atom is 0.190 e. The Bertz CT molecular complexity index is 737. The lowest BCUT2D eigenvalue weighted by atomic mass is 9.75. The number of benzene rings is 1. The fourth-order valence-corrected chi connectivity index (χ4v) is 6.82. The first-order valence-electron chi connectivity index (χ1n) is 7.13. The second-order valence-electron chi connectivity index (χ2n) is 6.01. The zero-order valence-corrected chi connectivity index (χ0v) is 11.9. The maximum absolute atomic E-state index is 13.4. The average molecular weight is 302 g/mol. The van der Waals surface area contributed by atoms with E-state index >= 15 is 0 Å². The van der Waals surface area contributed by atoms with Gasteiger partial charge in [-0.2, -0.15) is 0 Å². The van der Waals surface area contributed by atoms with Crippen molar-refractivity contribution in [3.8, 4) is 0 Å². The Morgan fingerprint density at radius 2 is 1.43 bits per heavy atom. The van der Waals surface area contributed by atoms with Crippen molar-refractivity contribution in [1.29, 1.82) is 0 Å². The van der Waals surface area contributed by atoms with Gasteiger partial charge in [-0.1, -0.05) is 42.5 Å². The van der Waals surface area contributed by atoms with Gasteiger partial charge in [-0.15, -0.1) is 0 Å². The molecular formula is C16H14O4S. The van der Waals surface area contributed by atoms with E-state index in [-0.39, 0.29) is 18.1 Å². The van der Waals surface area contributed by atoms with Crippen molar-refractivity contribution in [3.05, 3.63) is 54.6 Å². The third kappa shape index (κ3) is 1.19. The summed E-state index contributed by atoms with van der Waals surface area (Å²) in [6.45, 7) is 0. The first-order chi connectivity index (χ1) is 10.2. The molecule has 5 rings (SSSR count). The first-order valence-corrected chi connectivity index (χ1v) is 8.61. The minimum absolute atomic E-state index is 0.146. The average Bonchev–Trinajstić information content (AvgIpc) is 3.26. The Kier molecular flexibility index (Phi) is 2.12. The van der Waals surface area contributed by atoms with Gasteiger partial charge in [0.15, 0.2) is 9.84 Å². The molecule has 4 atom stereocenters. The molecule has 4 heterocycles. The van der Waals surface area contributed by atoms with Crippen LogP contribution in [0.5, 0.6) is 0 Å². The molecule has 4 nitrogen and oxygen atoms in total. The summed E-state index contributed by atoms with van der Waals surface area (Å²) in [6, 6.07) is 8.65. The van der Waals surface area contributed by atoms with Crippen LogP contribution in [0.25, 0.3) is 0 Å². The van der Waals surface area contributed by atoms with Gasteiger partial charge in [0.05, 0.1) is 29.3 Å². The van der Waals surface area contributed by atoms with Crippen LogP contribution < -0.4 is 0 Å². The fourth-order valence-electron chi connectivity index (χ4n) is 4.39. The Morgan fingerprint density at radius 1 is 0.857 bits per heavy atom. The number of rotatable bonds is 2. The van der Waals surface area contributed by atoms with Crippen molar-refractivity contribution < 1.29 is 17.9 Å². The molecule has 4 bridgehead atoms. The fraction of sp³-hybridized carbons (Fsp3) is 0.375. The summed E-state index contributed by atoms with van der Waals surface area (Å²) in [7, 11) is -3.55. The highest BCUT2D eigenvalue weighted by atomic mass is 32.2. The molecule has 0 spiro atoms. The van der Waals surface area contributed by atoms with Crippen LogP contribution in [0.4, 0.5) is 0 Å². The molecule has 0 aromatic heterocycles. The van der Waals surface area contributed by atoms with Gasteiger partial charge in [0, 0.05) is 5.92 Å². The van der Waals surface area contributed by atoms with Crippen molar-refractivity contribution in [2.75, 3.05) is 0 Å². The molecule has 108 valence electrons. The lowest BCUT2D eigenvalue weighted by molar-refractivity contribution is 0.0271. The van der Waals surface area contributed by atoms with E-state index in [1.807, 2.05) is 30.4 Å². The molecule has 2 saturated heterocycles. The summed E-state index contributed by atoms with van der Waals surface area (Å²) in [6.07, 6.45) is 6.58. The molecule has 4 aliphatic heterocycles. The number of sulfone groups is 1. The molecule has 0 N–H and O–H groups in total. The van der Waals surface area contributed by atoms with Crippen LogP contribution in [-0.2, 0) is 19.3 Å². The van der Waals surface area contributed by atoms with Crippen molar-refractivity contribution in [3.63, 3.8) is 0 Å². The smallest absolute Gasteiger partial charge is 0.190 e. The second-order valence-corrected chi connectivity index (χ2v) is 8.19. The van der Waals surface area contributed by atoms with Crippen molar-refractivity contribution >= 4 is 9.84 Å². The van der Waals surface area contributed by atoms with Crippen molar-refractivity contribution in [1.82, 2.24) is 0 Å². The van der Waals surface area contributed by atoms with Crippen LogP contribution in [0.1, 0.15) is 0 Å². The summed E-state index contributed by atoms with van der Waals surface area (Å²) in [5.74, 6) is -0.146. The number of fused-ring (bicyclic) bond motifs is 9. The van der Waals surface area contributed by atoms with Gasteiger partial charge in [-0.05, 0) is 12.1 Å². The molecule has 4 aliphatic rings. The normalized spacial score (nSPS) is 45.4. The van der Waals surface area contributed by atoms with Crippen LogP contribution in [0, 0.1) is 5.92 Å². The highest BCUT2D eigenvalue weighted by molar-refractivity contribution is 7.93. The summed E-state index contributed by atoms with van der Waals surface area (Å²) < 4.78 is 37.6. The SMILES string of the molecule is O=S(=O)(c1ccccc1)C12C([C@H]3C=C[C@@H]1O3)[C@H]1C=C[C@@H]2O1. The molecule has 21 heavy (non-hydrogen) atoms. The molecule has 0 radical (unpaired) electrons. The van der Waals surface area contributed by atoms with Crippen LogP contribution in [0.15, 0.2) is 59.5 Å². The Labute approximate surface area is 123 Å². The minimum atomic E-state index is -3.55. The number of hydrogen-bond donors (Lipinski definition) is 0. The summed E-state index contributed by atoms with van der Waals surface area (Å²) in [5.41, 5.74) is 0. The first kappa shape index (κ1) is 12.1. The second kappa shape index (κ2) is 3.66. The van der Waals surface area contributed by atoms with Gasteiger partial charge >= 0.3 is 0 Å². The monoisotopic (exact) mass is 302 g/mol. The number of ether oxygens (including phenoxy) is 2. The quantitative estimate of drug-likeness (QED) is 0.777. The van der Waals surface area contributed by atoms with Gasteiger partial charge in [0.2, 0.25) is 0 Å². The molecule has 0 unspecified atom stereocenters. The van der Waals surface area contributed by atoms with E-state index in [1.54, 1.807) is 24.3 Å². The largest absolute Gasteiger partial charge is 0.365 e. The van der Waals surface area contributed by atoms with E-state index < -0.39 is 26.8 Å². The molecule has 1 aromatic carbocycles. The van der Waals surface area contributed by atoms with Gasteiger partial charge in [0.1, 0.15) is 4.75 Å². The van der Waals surface area contributed by atoms with E-state index in [2.05, 4.69) is 0 Å². The van der Waals surface area contributed by atoms with E-state index in [9.17, 15) is 8.42 Å². The zero-order valence-electron chi connectivity index (χ0n) is 11.1. The van der Waals surface area contributed by atoms with E-state index in [4.69, 9.17) is 9.47 Å². The van der Waals surface area contributed by atoms with E-state index in [0.29, 0.717) is 4.90 Å². The summed E-state index contributed by atoms with van der Waals surface area (Å²) in [4.78, 5) is 0.351. The highest BCUT2D eigenvalue weighted by Gasteiger charge is 2.75. The van der Waals surface area contributed by atoms with Crippen LogP contribution >= 0.6 is 0 Å². The molecule has 0 amide bonds. The van der Waals surface area contributed by atoms with Crippen LogP contribution in [0.3, 0.4) is 0 Å². The van der Waals surface area contributed by atoms with Gasteiger partial charge in [0.25, 0.3) is 0 Å². The van der Waals surface area contributed by atoms with Crippen molar-refractivity contribution in [2.45, 2.75) is 34.1 Å². The Hall–Kier alpha value is -1.43. The third-order valence-electron chi connectivity index (χ3n) is 5.20. The van der Waals surface area contributed by atoms with Gasteiger partial charge < -0.3 is 9.47 Å². The molecule has 1 aromatic rings. The topological polar surface area (TPSA) is 52.6 Å². The van der Waals surface area contributed by atoms with Gasteiger partial charge in [-0.3, -0.25) is 0 Å². The maximum atomic E-state index is 13.4. The summed E-state index contributed by atoms with van der Waals surface area (Å²) in [5, 5.41) is 0. The lowest BCUT2D eigenvalue weighted by Gasteiger charge is -2.37.